The highest BCUT2D eigenvalue weighted by molar-refractivity contribution is 7.75. The molecule has 18 heavy (non-hydrogen) atoms. The van der Waals surface area contributed by atoms with Gasteiger partial charge in [0.2, 0.25) is 0 Å². The van der Waals surface area contributed by atoms with E-state index in [0.29, 0.717) is 18.7 Å². The number of nitrogens with two attached hydrogens (primary N) is 1. The van der Waals surface area contributed by atoms with E-state index in [2.05, 4.69) is 18.1 Å². The lowest BCUT2D eigenvalue weighted by Gasteiger charge is -2.28. The fraction of sp³-hybridized carbons (Fsp3) is 0.667. The normalized spacial score (nSPS) is 29.0. The summed E-state index contributed by atoms with van der Waals surface area (Å²) in [6, 6.07) is -0.583. The third-order valence-electron chi connectivity index (χ3n) is 2.98. The average molecular weight is 274 g/mol. The largest absolute Gasteiger partial charge is 0.386 e. The van der Waals surface area contributed by atoms with Gasteiger partial charge >= 0.3 is 6.03 Å². The van der Waals surface area contributed by atoms with Crippen LogP contribution in [0.25, 0.3) is 0 Å². The fourth-order valence-electron chi connectivity index (χ4n) is 2.13. The predicted octanol–water partition coefficient (Wildman–Crippen LogP) is -0.481. The maximum atomic E-state index is 11.9. The second-order valence-corrected chi connectivity index (χ2v) is 4.40. The zero-order valence-corrected chi connectivity index (χ0v) is 10.7. The van der Waals surface area contributed by atoms with E-state index in [9.17, 15) is 9.59 Å². The van der Waals surface area contributed by atoms with Gasteiger partial charge in [0.1, 0.15) is 6.04 Å². The number of carbonyl (C=O) groups excluding carboxylic acids is 2. The molecule has 2 fully saturated rings. The number of fused-ring (bicyclic) bond motifs is 2. The molecule has 0 radical (unpaired) electrons. The van der Waals surface area contributed by atoms with Crippen molar-refractivity contribution >= 4 is 30.6 Å². The Morgan fingerprint density at radius 2 is 2.39 bits per heavy atom. The maximum Gasteiger partial charge on any atom is 0.345 e. The Hall–Kier alpha value is -1.48. The summed E-state index contributed by atoms with van der Waals surface area (Å²) >= 11 is 3.66. The molecule has 2 atom stereocenters. The smallest absolute Gasteiger partial charge is 0.345 e. The highest BCUT2D eigenvalue weighted by Crippen LogP contribution is 2.28. The average Bonchev–Trinajstić information content (AvgIpc) is 2.60. The number of nitrogens with zero attached hydrogens (tertiary/aromatic N) is 3. The standard InChI is InChI=1S/C9H14N4O4S/c1-5-2-6(11-16-4-8(10)14)7-3-12(5)9(15)13(7)17-18/h5,7,18H,2-4H2,1H3,(H2,10,14)/b11-6-/t5-,7?/m1/s1. The first-order valence-corrected chi connectivity index (χ1v) is 5.79. The van der Waals surface area contributed by atoms with Crippen LogP contribution in [0.15, 0.2) is 5.16 Å². The van der Waals surface area contributed by atoms with E-state index >= 15 is 0 Å². The number of hydrogen-bond donors (Lipinski definition) is 2. The second-order valence-electron chi connectivity index (χ2n) is 4.23. The zero-order chi connectivity index (χ0) is 13.3. The summed E-state index contributed by atoms with van der Waals surface area (Å²) in [4.78, 5) is 28.9. The number of piperidine rings is 1. The second kappa shape index (κ2) is 5.02. The molecule has 2 aliphatic heterocycles. The van der Waals surface area contributed by atoms with Crippen LogP contribution in [-0.2, 0) is 13.9 Å². The van der Waals surface area contributed by atoms with Crippen LogP contribution < -0.4 is 5.73 Å². The summed E-state index contributed by atoms with van der Waals surface area (Å²) in [7, 11) is 0. The first-order valence-electron chi connectivity index (χ1n) is 5.43. The SMILES string of the molecule is C[C@@H]1C/C(=N/OCC(N)=O)C2CN1C(=O)N2OS. The lowest BCUT2D eigenvalue weighted by molar-refractivity contribution is -0.122. The van der Waals surface area contributed by atoms with E-state index in [1.54, 1.807) is 4.90 Å². The van der Waals surface area contributed by atoms with E-state index in [0.717, 1.165) is 5.06 Å². The minimum Gasteiger partial charge on any atom is -0.386 e. The summed E-state index contributed by atoms with van der Waals surface area (Å²) in [5.41, 5.74) is 5.58. The monoisotopic (exact) mass is 274 g/mol. The van der Waals surface area contributed by atoms with Gasteiger partial charge in [0.25, 0.3) is 5.91 Å². The Kier molecular flexibility index (Phi) is 3.62. The fourth-order valence-corrected chi connectivity index (χ4v) is 2.31. The maximum absolute atomic E-state index is 11.9. The van der Waals surface area contributed by atoms with Crippen LogP contribution >= 0.6 is 12.9 Å². The highest BCUT2D eigenvalue weighted by Gasteiger charge is 2.48. The van der Waals surface area contributed by atoms with Crippen LogP contribution in [0, 0.1) is 0 Å². The molecule has 0 aromatic heterocycles. The first kappa shape index (κ1) is 13.0. The van der Waals surface area contributed by atoms with Gasteiger partial charge < -0.3 is 15.5 Å². The van der Waals surface area contributed by atoms with Crippen molar-refractivity contribution in [3.05, 3.63) is 0 Å². The van der Waals surface area contributed by atoms with E-state index in [1.807, 2.05) is 6.92 Å². The number of carbonyl (C=O) groups is 2. The number of urea groups is 1. The number of primary amides is 1. The quantitative estimate of drug-likeness (QED) is 0.411. The van der Waals surface area contributed by atoms with E-state index in [4.69, 9.17) is 14.9 Å². The van der Waals surface area contributed by atoms with Crippen molar-refractivity contribution in [2.45, 2.75) is 25.4 Å². The molecule has 0 spiro atoms. The number of amides is 3. The Balaban J connectivity index is 2.12. The lowest BCUT2D eigenvalue weighted by Crippen LogP contribution is -2.43. The van der Waals surface area contributed by atoms with Gasteiger partial charge in [0.05, 0.1) is 12.3 Å². The minimum absolute atomic E-state index is 0.00170. The van der Waals surface area contributed by atoms with Crippen molar-refractivity contribution in [2.24, 2.45) is 10.9 Å². The molecule has 0 aromatic rings. The zero-order valence-electron chi connectivity index (χ0n) is 9.78. The molecule has 100 valence electrons. The van der Waals surface area contributed by atoms with Crippen LogP contribution in [0.2, 0.25) is 0 Å². The third kappa shape index (κ3) is 2.23. The Labute approximate surface area is 109 Å². The van der Waals surface area contributed by atoms with Crippen molar-refractivity contribution in [2.75, 3.05) is 13.2 Å². The van der Waals surface area contributed by atoms with Gasteiger partial charge in [-0.05, 0) is 6.92 Å². The van der Waals surface area contributed by atoms with Gasteiger partial charge in [0.15, 0.2) is 6.61 Å². The molecule has 2 heterocycles. The molecule has 2 bridgehead atoms. The third-order valence-corrected chi connectivity index (χ3v) is 3.16. The number of rotatable bonds is 4. The van der Waals surface area contributed by atoms with Crippen molar-refractivity contribution < 1.29 is 18.7 Å². The van der Waals surface area contributed by atoms with E-state index < -0.39 is 5.91 Å². The Morgan fingerprint density at radius 3 is 3.00 bits per heavy atom. The summed E-state index contributed by atoms with van der Waals surface area (Å²) < 4.78 is 4.75. The molecule has 3 amide bonds. The molecule has 2 N–H and O–H groups in total. The summed E-state index contributed by atoms with van der Waals surface area (Å²) in [6.45, 7) is 2.09. The molecule has 0 saturated carbocycles. The van der Waals surface area contributed by atoms with Crippen LogP contribution in [0.4, 0.5) is 4.79 Å². The lowest BCUT2D eigenvalue weighted by atomic mass is 10.00. The van der Waals surface area contributed by atoms with Gasteiger partial charge in [-0.3, -0.25) is 4.79 Å². The van der Waals surface area contributed by atoms with Crippen molar-refractivity contribution in [1.29, 1.82) is 0 Å². The number of hydrogen-bond acceptors (Lipinski definition) is 6. The topological polar surface area (TPSA) is 97.5 Å². The molecule has 2 saturated heterocycles. The van der Waals surface area contributed by atoms with Gasteiger partial charge in [-0.1, -0.05) is 5.16 Å². The summed E-state index contributed by atoms with van der Waals surface area (Å²) in [5.74, 6) is -0.602. The molecular formula is C9H14N4O4S. The number of oxime groups is 1. The highest BCUT2D eigenvalue weighted by atomic mass is 32.1. The van der Waals surface area contributed by atoms with Gasteiger partial charge in [-0.2, -0.15) is 5.06 Å². The molecule has 0 aliphatic carbocycles. The minimum atomic E-state index is -0.602. The van der Waals surface area contributed by atoms with E-state index in [1.165, 1.54) is 0 Å². The first-order chi connectivity index (χ1) is 8.54. The number of hydroxylamine groups is 2. The van der Waals surface area contributed by atoms with Gasteiger partial charge in [0, 0.05) is 25.4 Å². The Bertz CT molecular complexity index is 402. The van der Waals surface area contributed by atoms with Gasteiger partial charge in [-0.15, -0.1) is 0 Å². The molecule has 9 heteroatoms. The molecule has 0 aromatic carbocycles. The van der Waals surface area contributed by atoms with Gasteiger partial charge in [-0.25, -0.2) is 9.08 Å². The predicted molar refractivity (Wildman–Crippen MR) is 64.5 cm³/mol. The van der Waals surface area contributed by atoms with Crippen LogP contribution in [0.1, 0.15) is 13.3 Å². The van der Waals surface area contributed by atoms with E-state index in [-0.39, 0.29) is 24.7 Å². The van der Waals surface area contributed by atoms with Crippen molar-refractivity contribution in [3.8, 4) is 0 Å². The molecule has 8 nitrogen and oxygen atoms in total. The van der Waals surface area contributed by atoms with Crippen LogP contribution in [0.5, 0.6) is 0 Å². The molecule has 2 rings (SSSR count). The van der Waals surface area contributed by atoms with Crippen LogP contribution in [0.3, 0.4) is 0 Å². The van der Waals surface area contributed by atoms with Crippen molar-refractivity contribution in [3.63, 3.8) is 0 Å². The summed E-state index contributed by atoms with van der Waals surface area (Å²) in [5, 5.41) is 5.00. The van der Waals surface area contributed by atoms with Crippen molar-refractivity contribution in [1.82, 2.24) is 9.96 Å². The molecule has 1 unspecified atom stereocenters. The van der Waals surface area contributed by atoms with Crippen LogP contribution in [-0.4, -0.2) is 52.8 Å². The summed E-state index contributed by atoms with van der Waals surface area (Å²) in [6.07, 6.45) is 0.558. The Morgan fingerprint density at radius 1 is 1.67 bits per heavy atom. The molecular weight excluding hydrogens is 260 g/mol. The number of thiol groups is 1. The molecule has 2 aliphatic rings.